The van der Waals surface area contributed by atoms with Crippen LogP contribution < -0.4 is 0 Å². The lowest BCUT2D eigenvalue weighted by Gasteiger charge is -2.22. The maximum atomic E-state index is 13.0. The normalized spacial score (nSPS) is 23.4. The Bertz CT molecular complexity index is 582. The minimum atomic E-state index is -0.374. The van der Waals surface area contributed by atoms with Crippen molar-refractivity contribution in [2.75, 3.05) is 6.54 Å². The highest BCUT2D eigenvalue weighted by atomic mass is 19.1. The summed E-state index contributed by atoms with van der Waals surface area (Å²) in [6, 6.07) is 6.51. The first kappa shape index (κ1) is 13.3. The van der Waals surface area contributed by atoms with Gasteiger partial charge < -0.3 is 9.52 Å². The van der Waals surface area contributed by atoms with Crippen LogP contribution in [0.4, 0.5) is 4.39 Å². The van der Waals surface area contributed by atoms with Crippen molar-refractivity contribution in [3.05, 3.63) is 53.5 Å². The summed E-state index contributed by atoms with van der Waals surface area (Å²) in [6.07, 6.45) is 1.96. The van der Waals surface area contributed by atoms with Gasteiger partial charge in [-0.25, -0.2) is 9.37 Å². The summed E-state index contributed by atoms with van der Waals surface area (Å²) in [4.78, 5) is 6.31. The summed E-state index contributed by atoms with van der Waals surface area (Å²) < 4.78 is 18.5. The van der Waals surface area contributed by atoms with E-state index in [1.54, 1.807) is 18.3 Å². The quantitative estimate of drug-likeness (QED) is 0.935. The molecule has 1 fully saturated rings. The zero-order valence-corrected chi connectivity index (χ0v) is 11.3. The Morgan fingerprint density at radius 1 is 1.40 bits per heavy atom. The Labute approximate surface area is 116 Å². The summed E-state index contributed by atoms with van der Waals surface area (Å²) in [5.74, 6) is 1.17. The van der Waals surface area contributed by atoms with E-state index in [9.17, 15) is 9.50 Å². The summed E-state index contributed by atoms with van der Waals surface area (Å²) in [6.45, 7) is 2.98. The molecule has 1 aromatic carbocycles. The fourth-order valence-corrected chi connectivity index (χ4v) is 2.73. The van der Waals surface area contributed by atoms with Crippen molar-refractivity contribution >= 4 is 0 Å². The van der Waals surface area contributed by atoms with E-state index >= 15 is 0 Å². The molecule has 0 radical (unpaired) electrons. The van der Waals surface area contributed by atoms with Crippen molar-refractivity contribution in [3.63, 3.8) is 0 Å². The van der Waals surface area contributed by atoms with Crippen LogP contribution in [0.1, 0.15) is 29.7 Å². The average molecular weight is 276 g/mol. The van der Waals surface area contributed by atoms with Crippen LogP contribution in [0.25, 0.3) is 0 Å². The molecule has 106 valence electrons. The Hall–Kier alpha value is -1.72. The van der Waals surface area contributed by atoms with Crippen molar-refractivity contribution in [1.82, 2.24) is 9.88 Å². The van der Waals surface area contributed by atoms with Crippen molar-refractivity contribution in [1.29, 1.82) is 0 Å². The third-order valence-electron chi connectivity index (χ3n) is 3.64. The highest BCUT2D eigenvalue weighted by Crippen LogP contribution is 2.33. The third-order valence-corrected chi connectivity index (χ3v) is 3.64. The lowest BCUT2D eigenvalue weighted by atomic mass is 10.0. The molecule has 0 aliphatic carbocycles. The van der Waals surface area contributed by atoms with E-state index in [1.165, 1.54) is 12.1 Å². The molecule has 1 N–H and O–H groups in total. The molecule has 1 aromatic heterocycles. The van der Waals surface area contributed by atoms with Crippen molar-refractivity contribution in [2.45, 2.75) is 32.0 Å². The second-order valence-corrected chi connectivity index (χ2v) is 5.25. The number of β-amino-alcohol motifs (C(OH)–C–C–N with tert-alkyl or cyclic N) is 1. The van der Waals surface area contributed by atoms with E-state index in [1.807, 2.05) is 6.92 Å². The average Bonchev–Trinajstić information content (AvgIpc) is 2.97. The number of halogens is 1. The van der Waals surface area contributed by atoms with Gasteiger partial charge in [-0.2, -0.15) is 0 Å². The molecular weight excluding hydrogens is 259 g/mol. The number of oxazole rings is 1. The largest absolute Gasteiger partial charge is 0.445 e. The topological polar surface area (TPSA) is 49.5 Å². The number of nitrogens with zero attached hydrogens (tertiary/aromatic N) is 2. The predicted molar refractivity (Wildman–Crippen MR) is 71.4 cm³/mol. The second kappa shape index (κ2) is 5.34. The number of aryl methyl sites for hydroxylation is 1. The molecule has 20 heavy (non-hydrogen) atoms. The van der Waals surface area contributed by atoms with Crippen LogP contribution in [0, 0.1) is 12.7 Å². The molecule has 2 atom stereocenters. The smallest absolute Gasteiger partial charge is 0.208 e. The van der Waals surface area contributed by atoms with Crippen molar-refractivity contribution < 1.29 is 13.9 Å². The van der Waals surface area contributed by atoms with Crippen molar-refractivity contribution in [3.8, 4) is 0 Å². The van der Waals surface area contributed by atoms with Gasteiger partial charge in [-0.15, -0.1) is 0 Å². The fraction of sp³-hybridized carbons (Fsp3) is 0.400. The molecule has 0 amide bonds. The monoisotopic (exact) mass is 276 g/mol. The van der Waals surface area contributed by atoms with E-state index in [2.05, 4.69) is 9.88 Å². The minimum Gasteiger partial charge on any atom is -0.445 e. The zero-order valence-electron chi connectivity index (χ0n) is 11.3. The number of hydrogen-bond donors (Lipinski definition) is 1. The minimum absolute atomic E-state index is 0.0674. The molecule has 3 rings (SSSR count). The molecule has 1 aliphatic rings. The van der Waals surface area contributed by atoms with Gasteiger partial charge >= 0.3 is 0 Å². The van der Waals surface area contributed by atoms with Gasteiger partial charge in [-0.05, 0) is 31.0 Å². The number of aromatic nitrogens is 1. The van der Waals surface area contributed by atoms with Gasteiger partial charge in [0.25, 0.3) is 0 Å². The second-order valence-electron chi connectivity index (χ2n) is 5.25. The first-order valence-corrected chi connectivity index (χ1v) is 6.70. The lowest BCUT2D eigenvalue weighted by Crippen LogP contribution is -2.24. The molecule has 0 bridgehead atoms. The Kier molecular flexibility index (Phi) is 3.54. The van der Waals surface area contributed by atoms with E-state index < -0.39 is 0 Å². The van der Waals surface area contributed by atoms with Crippen LogP contribution in [0.2, 0.25) is 0 Å². The first-order chi connectivity index (χ1) is 9.61. The number of likely N-dealkylation sites (tertiary alicyclic amines) is 1. The molecular formula is C15H17FN2O2. The Morgan fingerprint density at radius 2 is 2.15 bits per heavy atom. The van der Waals surface area contributed by atoms with Crippen LogP contribution in [-0.4, -0.2) is 27.6 Å². The fourth-order valence-electron chi connectivity index (χ4n) is 2.73. The molecule has 2 heterocycles. The summed E-state index contributed by atoms with van der Waals surface area (Å²) in [7, 11) is 0. The number of rotatable bonds is 3. The van der Waals surface area contributed by atoms with E-state index in [-0.39, 0.29) is 18.0 Å². The number of aliphatic hydroxyl groups is 1. The summed E-state index contributed by atoms with van der Waals surface area (Å²) in [5.41, 5.74) is 1.01. The third kappa shape index (κ3) is 2.73. The van der Waals surface area contributed by atoms with Crippen LogP contribution in [0.5, 0.6) is 0 Å². The molecule has 1 aliphatic heterocycles. The molecule has 2 aromatic rings. The number of benzene rings is 1. The Balaban J connectivity index is 1.79. The standard InChI is InChI=1S/C15H17FN2O2/c1-10-7-17-15(20-10)9-18-8-13(19)6-14(18)11-2-4-12(16)5-3-11/h2-5,7,13-14,19H,6,8-9H2,1H3/t13-,14+/m1/s1. The number of hydrogen-bond acceptors (Lipinski definition) is 4. The lowest BCUT2D eigenvalue weighted by molar-refractivity contribution is 0.167. The van der Waals surface area contributed by atoms with Crippen LogP contribution in [-0.2, 0) is 6.54 Å². The first-order valence-electron chi connectivity index (χ1n) is 6.70. The van der Waals surface area contributed by atoms with E-state index in [4.69, 9.17) is 4.42 Å². The Morgan fingerprint density at radius 3 is 2.80 bits per heavy atom. The van der Waals surface area contributed by atoms with E-state index in [0.717, 1.165) is 11.3 Å². The van der Waals surface area contributed by atoms with Crippen molar-refractivity contribution in [2.24, 2.45) is 0 Å². The van der Waals surface area contributed by atoms with Gasteiger partial charge in [-0.3, -0.25) is 4.90 Å². The van der Waals surface area contributed by atoms with E-state index in [0.29, 0.717) is 25.4 Å². The van der Waals surface area contributed by atoms with Crippen LogP contribution in [0.3, 0.4) is 0 Å². The summed E-state index contributed by atoms with van der Waals surface area (Å²) in [5, 5.41) is 9.90. The highest BCUT2D eigenvalue weighted by molar-refractivity contribution is 5.21. The van der Waals surface area contributed by atoms with Crippen LogP contribution >= 0.6 is 0 Å². The highest BCUT2D eigenvalue weighted by Gasteiger charge is 2.32. The van der Waals surface area contributed by atoms with Gasteiger partial charge in [0.15, 0.2) is 0 Å². The van der Waals surface area contributed by atoms with Gasteiger partial charge in [0, 0.05) is 12.6 Å². The van der Waals surface area contributed by atoms with Gasteiger partial charge in [0.2, 0.25) is 5.89 Å². The molecule has 1 saturated heterocycles. The molecule has 0 unspecified atom stereocenters. The maximum absolute atomic E-state index is 13.0. The summed E-state index contributed by atoms with van der Waals surface area (Å²) >= 11 is 0. The SMILES string of the molecule is Cc1cnc(CN2C[C@H](O)C[C@H]2c2ccc(F)cc2)o1. The van der Waals surface area contributed by atoms with Gasteiger partial charge in [-0.1, -0.05) is 12.1 Å². The zero-order chi connectivity index (χ0) is 14.1. The van der Waals surface area contributed by atoms with Crippen LogP contribution in [0.15, 0.2) is 34.9 Å². The molecule has 5 heteroatoms. The molecule has 0 spiro atoms. The predicted octanol–water partition coefficient (Wildman–Crippen LogP) is 2.43. The van der Waals surface area contributed by atoms with Gasteiger partial charge in [0.1, 0.15) is 11.6 Å². The van der Waals surface area contributed by atoms with Gasteiger partial charge in [0.05, 0.1) is 18.8 Å². The molecule has 0 saturated carbocycles. The maximum Gasteiger partial charge on any atom is 0.208 e. The number of aliphatic hydroxyl groups excluding tert-OH is 1. The molecule has 4 nitrogen and oxygen atoms in total.